The van der Waals surface area contributed by atoms with E-state index >= 15 is 0 Å². The van der Waals surface area contributed by atoms with E-state index in [1.54, 1.807) is 16.9 Å². The maximum absolute atomic E-state index is 12.4. The first-order valence-electron chi connectivity index (χ1n) is 7.37. The van der Waals surface area contributed by atoms with Crippen molar-refractivity contribution in [1.29, 1.82) is 0 Å². The molecule has 1 unspecified atom stereocenters. The molecule has 0 aromatic carbocycles. The summed E-state index contributed by atoms with van der Waals surface area (Å²) in [5.41, 5.74) is 5.29. The first kappa shape index (κ1) is 15.8. The molecule has 0 spiro atoms. The number of hydrogen-bond acceptors (Lipinski definition) is 4. The highest BCUT2D eigenvalue weighted by Crippen LogP contribution is 2.23. The van der Waals surface area contributed by atoms with E-state index < -0.39 is 0 Å². The molecule has 3 amide bonds. The van der Waals surface area contributed by atoms with Crippen LogP contribution < -0.4 is 5.73 Å². The van der Waals surface area contributed by atoms with Gasteiger partial charge in [0.2, 0.25) is 17.7 Å². The predicted octanol–water partition coefficient (Wildman–Crippen LogP) is -0.795. The number of likely N-dealkylation sites (tertiary alicyclic amines) is 2. The minimum absolute atomic E-state index is 0.0115. The van der Waals surface area contributed by atoms with Crippen molar-refractivity contribution in [2.24, 2.45) is 17.6 Å². The van der Waals surface area contributed by atoms with E-state index in [-0.39, 0.29) is 36.0 Å². The number of nitrogens with zero attached hydrogens (tertiary/aromatic N) is 2. The lowest BCUT2D eigenvalue weighted by Gasteiger charge is -2.32. The highest BCUT2D eigenvalue weighted by atomic mass is 16.5. The molecule has 1 atom stereocenters. The van der Waals surface area contributed by atoms with Crippen LogP contribution >= 0.6 is 0 Å². The Bertz CT molecular complexity index is 418. The van der Waals surface area contributed by atoms with Crippen LogP contribution in [0, 0.1) is 11.8 Å². The van der Waals surface area contributed by atoms with E-state index in [4.69, 9.17) is 10.5 Å². The molecule has 0 radical (unpaired) electrons. The molecular formula is C14H23N3O4. The Balaban J connectivity index is 1.84. The molecule has 0 saturated carbocycles. The fourth-order valence-electron chi connectivity index (χ4n) is 3.00. The molecule has 7 heteroatoms. The average molecular weight is 297 g/mol. The Hall–Kier alpha value is -1.63. The van der Waals surface area contributed by atoms with Gasteiger partial charge in [0.15, 0.2) is 0 Å². The fraction of sp³-hybridized carbons (Fsp3) is 0.786. The van der Waals surface area contributed by atoms with Gasteiger partial charge < -0.3 is 20.3 Å². The third-order valence-corrected chi connectivity index (χ3v) is 4.34. The quantitative estimate of drug-likeness (QED) is 0.719. The summed E-state index contributed by atoms with van der Waals surface area (Å²) in [6.07, 6.45) is 1.52. The van der Waals surface area contributed by atoms with Gasteiger partial charge in [0.05, 0.1) is 12.5 Å². The predicted molar refractivity (Wildman–Crippen MR) is 75.1 cm³/mol. The second-order valence-electron chi connectivity index (χ2n) is 5.74. The van der Waals surface area contributed by atoms with Gasteiger partial charge in [-0.15, -0.1) is 0 Å². The first-order valence-corrected chi connectivity index (χ1v) is 7.37. The van der Waals surface area contributed by atoms with Crippen LogP contribution in [0.2, 0.25) is 0 Å². The van der Waals surface area contributed by atoms with E-state index in [1.165, 1.54) is 0 Å². The van der Waals surface area contributed by atoms with Crippen molar-refractivity contribution in [3.8, 4) is 0 Å². The van der Waals surface area contributed by atoms with E-state index in [0.29, 0.717) is 45.6 Å². The van der Waals surface area contributed by atoms with Crippen molar-refractivity contribution in [1.82, 2.24) is 9.80 Å². The normalized spacial score (nSPS) is 23.7. The number of rotatable bonds is 5. The number of methoxy groups -OCH3 is 1. The first-order chi connectivity index (χ1) is 10.0. The Morgan fingerprint density at radius 3 is 2.52 bits per heavy atom. The van der Waals surface area contributed by atoms with Gasteiger partial charge in [-0.1, -0.05) is 0 Å². The third kappa shape index (κ3) is 3.72. The summed E-state index contributed by atoms with van der Waals surface area (Å²) in [5.74, 6) is -0.649. The molecule has 2 N–H and O–H groups in total. The van der Waals surface area contributed by atoms with Crippen LogP contribution in [-0.2, 0) is 19.1 Å². The zero-order chi connectivity index (χ0) is 15.4. The second-order valence-corrected chi connectivity index (χ2v) is 5.74. The summed E-state index contributed by atoms with van der Waals surface area (Å²) in [6.45, 7) is 2.58. The Kier molecular flexibility index (Phi) is 5.17. The summed E-state index contributed by atoms with van der Waals surface area (Å²) in [4.78, 5) is 38.9. The van der Waals surface area contributed by atoms with Gasteiger partial charge in [-0.05, 0) is 12.8 Å². The van der Waals surface area contributed by atoms with E-state index in [1.807, 2.05) is 0 Å². The summed E-state index contributed by atoms with van der Waals surface area (Å²) in [7, 11) is 1.59. The van der Waals surface area contributed by atoms with Crippen molar-refractivity contribution >= 4 is 17.7 Å². The molecule has 2 aliphatic rings. The molecule has 0 aromatic heterocycles. The molecule has 2 fully saturated rings. The minimum Gasteiger partial charge on any atom is -0.383 e. The summed E-state index contributed by atoms with van der Waals surface area (Å²) >= 11 is 0. The molecular weight excluding hydrogens is 274 g/mol. The number of carbonyl (C=O) groups is 3. The van der Waals surface area contributed by atoms with Gasteiger partial charge in [0.25, 0.3) is 0 Å². The number of carbonyl (C=O) groups excluding carboxylic acids is 3. The average Bonchev–Trinajstić information content (AvgIpc) is 2.85. The lowest BCUT2D eigenvalue weighted by atomic mass is 9.95. The molecule has 0 bridgehead atoms. The number of amides is 3. The largest absolute Gasteiger partial charge is 0.383 e. The van der Waals surface area contributed by atoms with Gasteiger partial charge in [-0.2, -0.15) is 0 Å². The molecule has 2 heterocycles. The fourth-order valence-corrected chi connectivity index (χ4v) is 3.00. The Morgan fingerprint density at radius 1 is 1.29 bits per heavy atom. The lowest BCUT2D eigenvalue weighted by Crippen LogP contribution is -2.44. The number of ether oxygens (including phenoxy) is 1. The van der Waals surface area contributed by atoms with Crippen molar-refractivity contribution < 1.29 is 19.1 Å². The molecule has 2 saturated heterocycles. The Labute approximate surface area is 124 Å². The number of hydrogen-bond donors (Lipinski definition) is 1. The van der Waals surface area contributed by atoms with Crippen LogP contribution in [0.1, 0.15) is 19.3 Å². The van der Waals surface area contributed by atoms with E-state index in [2.05, 4.69) is 0 Å². The molecule has 21 heavy (non-hydrogen) atoms. The van der Waals surface area contributed by atoms with Crippen LogP contribution in [-0.4, -0.2) is 67.4 Å². The number of nitrogens with two attached hydrogens (primary N) is 1. The second kappa shape index (κ2) is 6.89. The lowest BCUT2D eigenvalue weighted by molar-refractivity contribution is -0.138. The van der Waals surface area contributed by atoms with Crippen molar-refractivity contribution in [3.63, 3.8) is 0 Å². The molecule has 2 aliphatic heterocycles. The standard InChI is InChI=1S/C14H23N3O4/c1-21-7-6-17-9-11(8-12(17)18)14(20)16-4-2-10(3-5-16)13(15)19/h10-11H,2-9H2,1H3,(H2,15,19). The molecule has 0 aromatic rings. The molecule has 118 valence electrons. The van der Waals surface area contributed by atoms with Crippen LogP contribution in [0.25, 0.3) is 0 Å². The van der Waals surface area contributed by atoms with Crippen LogP contribution in [0.3, 0.4) is 0 Å². The van der Waals surface area contributed by atoms with Gasteiger partial charge in [-0.25, -0.2) is 0 Å². The zero-order valence-electron chi connectivity index (χ0n) is 12.4. The van der Waals surface area contributed by atoms with Gasteiger partial charge in [-0.3, -0.25) is 14.4 Å². The highest BCUT2D eigenvalue weighted by Gasteiger charge is 2.37. The smallest absolute Gasteiger partial charge is 0.227 e. The SMILES string of the molecule is COCCN1CC(C(=O)N2CCC(C(N)=O)CC2)CC1=O. The highest BCUT2D eigenvalue weighted by molar-refractivity contribution is 5.89. The zero-order valence-corrected chi connectivity index (χ0v) is 12.4. The number of primary amides is 1. The topological polar surface area (TPSA) is 92.9 Å². The molecule has 7 nitrogen and oxygen atoms in total. The van der Waals surface area contributed by atoms with Crippen LogP contribution in [0.4, 0.5) is 0 Å². The monoisotopic (exact) mass is 297 g/mol. The third-order valence-electron chi connectivity index (χ3n) is 4.34. The maximum Gasteiger partial charge on any atom is 0.227 e. The minimum atomic E-state index is -0.288. The van der Waals surface area contributed by atoms with Crippen molar-refractivity contribution in [2.45, 2.75) is 19.3 Å². The van der Waals surface area contributed by atoms with Gasteiger partial charge in [0.1, 0.15) is 0 Å². The van der Waals surface area contributed by atoms with E-state index in [0.717, 1.165) is 0 Å². The molecule has 0 aliphatic carbocycles. The summed E-state index contributed by atoms with van der Waals surface area (Å²) < 4.78 is 4.97. The van der Waals surface area contributed by atoms with Crippen molar-refractivity contribution in [2.75, 3.05) is 39.9 Å². The summed E-state index contributed by atoms with van der Waals surface area (Å²) in [5, 5.41) is 0. The maximum atomic E-state index is 12.4. The van der Waals surface area contributed by atoms with Crippen molar-refractivity contribution in [3.05, 3.63) is 0 Å². The Morgan fingerprint density at radius 2 is 1.95 bits per heavy atom. The van der Waals surface area contributed by atoms with E-state index in [9.17, 15) is 14.4 Å². The molecule has 2 rings (SSSR count). The van der Waals surface area contributed by atoms with Gasteiger partial charge >= 0.3 is 0 Å². The van der Waals surface area contributed by atoms with Crippen LogP contribution in [0.15, 0.2) is 0 Å². The summed E-state index contributed by atoms with van der Waals surface area (Å²) in [6, 6.07) is 0. The van der Waals surface area contributed by atoms with Crippen LogP contribution in [0.5, 0.6) is 0 Å². The number of piperidine rings is 1. The van der Waals surface area contributed by atoms with Gasteiger partial charge in [0, 0.05) is 45.6 Å².